The summed E-state index contributed by atoms with van der Waals surface area (Å²) in [5.41, 5.74) is 0. The Morgan fingerprint density at radius 3 is 3.09 bits per heavy atom. The fourth-order valence-corrected chi connectivity index (χ4v) is 1.07. The van der Waals surface area contributed by atoms with Crippen LogP contribution in [0.1, 0.15) is 6.92 Å². The van der Waals surface area contributed by atoms with Crippen molar-refractivity contribution in [3.63, 3.8) is 0 Å². The van der Waals surface area contributed by atoms with Crippen molar-refractivity contribution in [1.82, 2.24) is 9.97 Å². The van der Waals surface area contributed by atoms with Gasteiger partial charge in [0.15, 0.2) is 5.16 Å². The number of nitrogens with one attached hydrogen (secondary N) is 1. The molecule has 1 N–H and O–H groups in total. The quantitative estimate of drug-likeness (QED) is 0.551. The Morgan fingerprint density at radius 2 is 2.45 bits per heavy atom. The van der Waals surface area contributed by atoms with Crippen LogP contribution in [0.15, 0.2) is 17.4 Å². The SMILES string of the molecule is CCNc1ccnc(SC)n1. The van der Waals surface area contributed by atoms with Crippen LogP contribution >= 0.6 is 11.8 Å². The number of aromatic nitrogens is 2. The topological polar surface area (TPSA) is 37.8 Å². The summed E-state index contributed by atoms with van der Waals surface area (Å²) >= 11 is 1.55. The fourth-order valence-electron chi connectivity index (χ4n) is 0.719. The van der Waals surface area contributed by atoms with E-state index in [9.17, 15) is 0 Å². The molecular weight excluding hydrogens is 158 g/mol. The Balaban J connectivity index is 2.74. The third kappa shape index (κ3) is 2.38. The first-order valence-corrected chi connectivity index (χ1v) is 4.70. The van der Waals surface area contributed by atoms with Crippen LogP contribution in [-0.2, 0) is 0 Å². The lowest BCUT2D eigenvalue weighted by Crippen LogP contribution is -1.99. The van der Waals surface area contributed by atoms with Crippen molar-refractivity contribution < 1.29 is 0 Å². The van der Waals surface area contributed by atoms with Gasteiger partial charge in [0.1, 0.15) is 5.82 Å². The summed E-state index contributed by atoms with van der Waals surface area (Å²) in [4.78, 5) is 8.27. The predicted octanol–water partition coefficient (Wildman–Crippen LogP) is 1.63. The van der Waals surface area contributed by atoms with Crippen molar-refractivity contribution in [2.24, 2.45) is 0 Å². The molecule has 0 aromatic carbocycles. The average Bonchev–Trinajstić information content (AvgIpc) is 2.06. The maximum absolute atomic E-state index is 4.22. The molecule has 60 valence electrons. The molecular formula is C7H11N3S. The van der Waals surface area contributed by atoms with Crippen LogP contribution in [0.2, 0.25) is 0 Å². The van der Waals surface area contributed by atoms with Gasteiger partial charge < -0.3 is 5.32 Å². The highest BCUT2D eigenvalue weighted by molar-refractivity contribution is 7.98. The monoisotopic (exact) mass is 169 g/mol. The van der Waals surface area contributed by atoms with Gasteiger partial charge in [-0.3, -0.25) is 0 Å². The molecule has 0 aliphatic carbocycles. The minimum atomic E-state index is 0.809. The number of hydrogen-bond donors (Lipinski definition) is 1. The Hall–Kier alpha value is -0.770. The molecule has 4 heteroatoms. The van der Waals surface area contributed by atoms with Crippen LogP contribution in [-0.4, -0.2) is 22.8 Å². The van der Waals surface area contributed by atoms with E-state index in [1.165, 1.54) is 0 Å². The van der Waals surface area contributed by atoms with E-state index < -0.39 is 0 Å². The van der Waals surface area contributed by atoms with Gasteiger partial charge in [-0.1, -0.05) is 11.8 Å². The molecule has 11 heavy (non-hydrogen) atoms. The van der Waals surface area contributed by atoms with Crippen molar-refractivity contribution in [3.8, 4) is 0 Å². The Labute approximate surface area is 70.6 Å². The molecule has 3 nitrogen and oxygen atoms in total. The van der Waals surface area contributed by atoms with Gasteiger partial charge in [-0.2, -0.15) is 0 Å². The van der Waals surface area contributed by atoms with Gasteiger partial charge in [-0.15, -0.1) is 0 Å². The van der Waals surface area contributed by atoms with E-state index in [0.717, 1.165) is 17.5 Å². The van der Waals surface area contributed by atoms with Crippen LogP contribution in [0.5, 0.6) is 0 Å². The number of rotatable bonds is 3. The van der Waals surface area contributed by atoms with Gasteiger partial charge in [0.05, 0.1) is 0 Å². The van der Waals surface area contributed by atoms with Crippen molar-refractivity contribution in [1.29, 1.82) is 0 Å². The number of anilines is 1. The van der Waals surface area contributed by atoms with E-state index >= 15 is 0 Å². The molecule has 0 spiro atoms. The molecule has 0 radical (unpaired) electrons. The Kier molecular flexibility index (Phi) is 3.16. The van der Waals surface area contributed by atoms with Crippen molar-refractivity contribution in [2.45, 2.75) is 12.1 Å². The molecule has 0 amide bonds. The fraction of sp³-hybridized carbons (Fsp3) is 0.429. The van der Waals surface area contributed by atoms with Crippen LogP contribution in [0, 0.1) is 0 Å². The molecule has 1 aromatic rings. The lowest BCUT2D eigenvalue weighted by molar-refractivity contribution is 0.962. The Morgan fingerprint density at radius 1 is 1.64 bits per heavy atom. The lowest BCUT2D eigenvalue weighted by Gasteiger charge is -2.01. The van der Waals surface area contributed by atoms with Gasteiger partial charge in [-0.05, 0) is 19.2 Å². The van der Waals surface area contributed by atoms with E-state index in [1.54, 1.807) is 18.0 Å². The molecule has 0 atom stereocenters. The third-order valence-corrected chi connectivity index (χ3v) is 1.74. The second-order valence-corrected chi connectivity index (χ2v) is 2.73. The van der Waals surface area contributed by atoms with E-state index in [2.05, 4.69) is 15.3 Å². The van der Waals surface area contributed by atoms with Crippen LogP contribution in [0.25, 0.3) is 0 Å². The first kappa shape index (κ1) is 8.33. The van der Waals surface area contributed by atoms with E-state index in [1.807, 2.05) is 19.2 Å². The molecule has 0 aliphatic rings. The highest BCUT2D eigenvalue weighted by atomic mass is 32.2. The number of nitrogens with zero attached hydrogens (tertiary/aromatic N) is 2. The molecule has 1 rings (SSSR count). The van der Waals surface area contributed by atoms with Gasteiger partial charge in [0.25, 0.3) is 0 Å². The molecule has 1 aromatic heterocycles. The molecule has 0 saturated carbocycles. The molecule has 0 saturated heterocycles. The second kappa shape index (κ2) is 4.18. The predicted molar refractivity (Wildman–Crippen MR) is 48.0 cm³/mol. The summed E-state index contributed by atoms with van der Waals surface area (Å²) in [5.74, 6) is 0.895. The van der Waals surface area contributed by atoms with Crippen LogP contribution < -0.4 is 5.32 Å². The lowest BCUT2D eigenvalue weighted by atomic mass is 10.6. The summed E-state index contributed by atoms with van der Waals surface area (Å²) < 4.78 is 0. The molecule has 0 fully saturated rings. The zero-order chi connectivity index (χ0) is 8.10. The molecule has 0 aliphatic heterocycles. The van der Waals surface area contributed by atoms with Gasteiger partial charge >= 0.3 is 0 Å². The minimum absolute atomic E-state index is 0.809. The largest absolute Gasteiger partial charge is 0.370 e. The van der Waals surface area contributed by atoms with Gasteiger partial charge in [-0.25, -0.2) is 9.97 Å². The number of hydrogen-bond acceptors (Lipinski definition) is 4. The van der Waals surface area contributed by atoms with Crippen LogP contribution in [0.3, 0.4) is 0 Å². The molecule has 1 heterocycles. The van der Waals surface area contributed by atoms with Crippen molar-refractivity contribution >= 4 is 17.6 Å². The van der Waals surface area contributed by atoms with Crippen molar-refractivity contribution in [2.75, 3.05) is 18.1 Å². The zero-order valence-electron chi connectivity index (χ0n) is 6.66. The zero-order valence-corrected chi connectivity index (χ0v) is 7.48. The maximum Gasteiger partial charge on any atom is 0.189 e. The van der Waals surface area contributed by atoms with Crippen LogP contribution in [0.4, 0.5) is 5.82 Å². The van der Waals surface area contributed by atoms with E-state index in [4.69, 9.17) is 0 Å². The normalized spacial score (nSPS) is 9.64. The number of thioether (sulfide) groups is 1. The third-order valence-electron chi connectivity index (χ3n) is 1.17. The first-order valence-electron chi connectivity index (χ1n) is 3.47. The Bertz CT molecular complexity index is 227. The summed E-state index contributed by atoms with van der Waals surface area (Å²) in [6, 6.07) is 1.86. The second-order valence-electron chi connectivity index (χ2n) is 1.96. The smallest absolute Gasteiger partial charge is 0.189 e. The highest BCUT2D eigenvalue weighted by Gasteiger charge is 1.94. The maximum atomic E-state index is 4.22. The first-order chi connectivity index (χ1) is 5.36. The summed E-state index contributed by atoms with van der Waals surface area (Å²) in [7, 11) is 0. The minimum Gasteiger partial charge on any atom is -0.370 e. The van der Waals surface area contributed by atoms with Crippen molar-refractivity contribution in [3.05, 3.63) is 12.3 Å². The summed E-state index contributed by atoms with van der Waals surface area (Å²) in [6.07, 6.45) is 3.72. The highest BCUT2D eigenvalue weighted by Crippen LogP contribution is 2.09. The van der Waals surface area contributed by atoms with Gasteiger partial charge in [0.2, 0.25) is 0 Å². The molecule has 0 bridgehead atoms. The van der Waals surface area contributed by atoms with Gasteiger partial charge in [0, 0.05) is 12.7 Å². The van der Waals surface area contributed by atoms with E-state index in [0.29, 0.717) is 0 Å². The summed E-state index contributed by atoms with van der Waals surface area (Å²) in [5, 5.41) is 3.93. The summed E-state index contributed by atoms with van der Waals surface area (Å²) in [6.45, 7) is 2.94. The standard InChI is InChI=1S/C7H11N3S/c1-3-8-6-4-5-9-7(10-6)11-2/h4-5H,3H2,1-2H3,(H,8,9,10). The molecule has 0 unspecified atom stereocenters. The van der Waals surface area contributed by atoms with E-state index in [-0.39, 0.29) is 0 Å². The average molecular weight is 169 g/mol.